The third-order valence-electron chi connectivity index (χ3n) is 6.23. The molecule has 3 heterocycles. The van der Waals surface area contributed by atoms with Crippen molar-refractivity contribution in [3.8, 4) is 11.8 Å². The summed E-state index contributed by atoms with van der Waals surface area (Å²) in [7, 11) is 0. The number of carbonyl (C=O) groups is 1. The Morgan fingerprint density at radius 1 is 1.34 bits per heavy atom. The topological polar surface area (TPSA) is 95.3 Å². The molecule has 3 N–H and O–H groups in total. The Morgan fingerprint density at radius 3 is 2.69 bits per heavy atom. The van der Waals surface area contributed by atoms with Gasteiger partial charge in [0, 0.05) is 41.3 Å². The number of nitrogens with two attached hydrogens (primary N) is 1. The number of fused-ring (bicyclic) bond motifs is 2. The zero-order valence-corrected chi connectivity index (χ0v) is 16.6. The average Bonchev–Trinajstić information content (AvgIpc) is 3.36. The van der Waals surface area contributed by atoms with E-state index < -0.39 is 0 Å². The van der Waals surface area contributed by atoms with E-state index in [4.69, 9.17) is 11.0 Å². The number of aliphatic hydroxyl groups excluding tert-OH is 1. The third kappa shape index (κ3) is 3.53. The lowest BCUT2D eigenvalue weighted by Gasteiger charge is -2.21. The van der Waals surface area contributed by atoms with Gasteiger partial charge in [0.15, 0.2) is 5.78 Å². The molecular weight excluding hydrogens is 364 g/mol. The zero-order valence-electron chi connectivity index (χ0n) is 16.6. The summed E-state index contributed by atoms with van der Waals surface area (Å²) < 4.78 is 2.02. The molecule has 0 spiro atoms. The van der Waals surface area contributed by atoms with Gasteiger partial charge in [0.2, 0.25) is 0 Å². The number of ketones is 1. The van der Waals surface area contributed by atoms with E-state index in [0.29, 0.717) is 30.3 Å². The second-order valence-corrected chi connectivity index (χ2v) is 7.90. The van der Waals surface area contributed by atoms with Crippen LogP contribution < -0.4 is 5.73 Å². The van der Waals surface area contributed by atoms with Crippen LogP contribution in [-0.2, 0) is 0 Å². The molecule has 0 amide bonds. The van der Waals surface area contributed by atoms with Gasteiger partial charge in [0.25, 0.3) is 0 Å². The molecule has 2 fully saturated rings. The maximum Gasteiger partial charge on any atom is 0.178 e. The number of nitriles is 1. The number of aromatic nitrogens is 1. The summed E-state index contributed by atoms with van der Waals surface area (Å²) in [5.74, 6) is 0.0725. The van der Waals surface area contributed by atoms with Crippen molar-refractivity contribution >= 4 is 11.9 Å². The molecule has 2 saturated heterocycles. The lowest BCUT2D eigenvalue weighted by molar-refractivity contribution is 0.0873. The summed E-state index contributed by atoms with van der Waals surface area (Å²) in [6, 6.07) is 11.8. The predicted octanol–water partition coefficient (Wildman–Crippen LogP) is 2.41. The van der Waals surface area contributed by atoms with Crippen molar-refractivity contribution < 1.29 is 9.90 Å². The van der Waals surface area contributed by atoms with E-state index in [9.17, 15) is 9.90 Å². The van der Waals surface area contributed by atoms with Gasteiger partial charge in [-0.25, -0.2) is 0 Å². The second kappa shape index (κ2) is 7.96. The van der Waals surface area contributed by atoms with Crippen LogP contribution in [-0.4, -0.2) is 51.6 Å². The van der Waals surface area contributed by atoms with E-state index in [0.717, 1.165) is 36.3 Å². The van der Waals surface area contributed by atoms with E-state index in [1.54, 1.807) is 12.1 Å². The van der Waals surface area contributed by atoms with Crippen LogP contribution in [0.15, 0.2) is 36.4 Å². The summed E-state index contributed by atoms with van der Waals surface area (Å²) in [4.78, 5) is 15.4. The second-order valence-electron chi connectivity index (χ2n) is 7.90. The molecular formula is C23H26N4O2. The highest BCUT2D eigenvalue weighted by Crippen LogP contribution is 2.37. The number of Topliss-reactive ketones (excluding diaryl/α,β-unsaturated/α-hetero) is 1. The molecule has 2 aliphatic rings. The SMILES string of the molecule is Cc1c(C(=O)CN2C3CCC2[C@@H](O)C3)cc(/C=C/CN)n1-c1ccc(C#N)cc1. The highest BCUT2D eigenvalue weighted by Gasteiger charge is 2.46. The van der Waals surface area contributed by atoms with Crippen LogP contribution in [0.4, 0.5) is 0 Å². The first-order chi connectivity index (χ1) is 14.0. The van der Waals surface area contributed by atoms with Gasteiger partial charge in [-0.2, -0.15) is 5.26 Å². The van der Waals surface area contributed by atoms with E-state index in [-0.39, 0.29) is 17.9 Å². The van der Waals surface area contributed by atoms with Gasteiger partial charge >= 0.3 is 0 Å². The predicted molar refractivity (Wildman–Crippen MR) is 112 cm³/mol. The first-order valence-corrected chi connectivity index (χ1v) is 10.1. The fraction of sp³-hybridized carbons (Fsp3) is 0.391. The fourth-order valence-corrected chi connectivity index (χ4v) is 4.82. The first kappa shape index (κ1) is 19.6. The summed E-state index contributed by atoms with van der Waals surface area (Å²) in [5, 5.41) is 19.2. The minimum Gasteiger partial charge on any atom is -0.391 e. The molecule has 2 aromatic rings. The number of benzene rings is 1. The molecule has 1 aromatic heterocycles. The minimum absolute atomic E-state index is 0.0725. The van der Waals surface area contributed by atoms with Crippen LogP contribution in [0, 0.1) is 18.3 Å². The van der Waals surface area contributed by atoms with E-state index >= 15 is 0 Å². The van der Waals surface area contributed by atoms with Gasteiger partial charge in [-0.1, -0.05) is 6.08 Å². The molecule has 29 heavy (non-hydrogen) atoms. The Balaban J connectivity index is 1.67. The summed E-state index contributed by atoms with van der Waals surface area (Å²) in [6.45, 7) is 2.69. The largest absolute Gasteiger partial charge is 0.391 e. The standard InChI is InChI=1S/C23H26N4O2/c1-15-20(23(29)14-26-18-8-9-21(26)22(28)12-18)11-19(3-2-10-24)27(15)17-6-4-16(13-25)5-7-17/h2-7,11,18,21-22,28H,8-10,12,14,24H2,1H3/b3-2+/t18?,21?,22-/m0/s1. The summed E-state index contributed by atoms with van der Waals surface area (Å²) in [5.41, 5.74) is 9.56. The lowest BCUT2D eigenvalue weighted by Crippen LogP contribution is -2.36. The third-order valence-corrected chi connectivity index (χ3v) is 6.23. The van der Waals surface area contributed by atoms with Crippen molar-refractivity contribution in [2.45, 2.75) is 44.4 Å². The van der Waals surface area contributed by atoms with Gasteiger partial charge in [0.1, 0.15) is 0 Å². The van der Waals surface area contributed by atoms with Crippen molar-refractivity contribution in [2.75, 3.05) is 13.1 Å². The lowest BCUT2D eigenvalue weighted by atomic mass is 9.98. The zero-order chi connectivity index (χ0) is 20.5. The van der Waals surface area contributed by atoms with Gasteiger partial charge in [0.05, 0.1) is 24.3 Å². The number of nitrogens with zero attached hydrogens (tertiary/aromatic N) is 3. The van der Waals surface area contributed by atoms with Crippen LogP contribution in [0.1, 0.15) is 46.6 Å². The number of rotatable bonds is 6. The molecule has 2 aliphatic heterocycles. The molecule has 150 valence electrons. The van der Waals surface area contributed by atoms with Gasteiger partial charge in [-0.3, -0.25) is 9.69 Å². The highest BCUT2D eigenvalue weighted by atomic mass is 16.3. The van der Waals surface area contributed by atoms with Gasteiger partial charge in [-0.15, -0.1) is 0 Å². The quantitative estimate of drug-likeness (QED) is 0.739. The number of aliphatic hydroxyl groups is 1. The molecule has 2 unspecified atom stereocenters. The Bertz CT molecular complexity index is 984. The fourth-order valence-electron chi connectivity index (χ4n) is 4.82. The molecule has 0 aliphatic carbocycles. The minimum atomic E-state index is -0.311. The molecule has 0 radical (unpaired) electrons. The van der Waals surface area contributed by atoms with Crippen LogP contribution in [0.5, 0.6) is 0 Å². The molecule has 1 aromatic carbocycles. The van der Waals surface area contributed by atoms with E-state index in [1.807, 2.05) is 41.8 Å². The molecule has 2 bridgehead atoms. The van der Waals surface area contributed by atoms with Crippen LogP contribution in [0.3, 0.4) is 0 Å². The average molecular weight is 390 g/mol. The summed E-state index contributed by atoms with van der Waals surface area (Å²) in [6.07, 6.45) is 6.27. The first-order valence-electron chi connectivity index (χ1n) is 10.1. The van der Waals surface area contributed by atoms with E-state index in [2.05, 4.69) is 11.0 Å². The van der Waals surface area contributed by atoms with Crippen molar-refractivity contribution in [1.29, 1.82) is 5.26 Å². The number of hydrogen-bond donors (Lipinski definition) is 2. The molecule has 6 heteroatoms. The maximum absolute atomic E-state index is 13.2. The molecule has 4 rings (SSSR count). The monoisotopic (exact) mass is 390 g/mol. The molecule has 0 saturated carbocycles. The Kier molecular flexibility index (Phi) is 5.37. The normalized spacial score (nSPS) is 23.7. The molecule has 6 nitrogen and oxygen atoms in total. The van der Waals surface area contributed by atoms with Crippen LogP contribution in [0.25, 0.3) is 11.8 Å². The van der Waals surface area contributed by atoms with Crippen molar-refractivity contribution in [3.63, 3.8) is 0 Å². The summed E-state index contributed by atoms with van der Waals surface area (Å²) >= 11 is 0. The van der Waals surface area contributed by atoms with Crippen molar-refractivity contribution in [2.24, 2.45) is 5.73 Å². The Hall–Kier alpha value is -2.72. The maximum atomic E-state index is 13.2. The van der Waals surface area contributed by atoms with Crippen LogP contribution >= 0.6 is 0 Å². The van der Waals surface area contributed by atoms with Crippen LogP contribution in [0.2, 0.25) is 0 Å². The van der Waals surface area contributed by atoms with Gasteiger partial charge in [-0.05, 0) is 62.6 Å². The number of hydrogen-bond acceptors (Lipinski definition) is 5. The highest BCUT2D eigenvalue weighted by molar-refractivity contribution is 5.99. The Labute approximate surface area is 170 Å². The smallest absolute Gasteiger partial charge is 0.178 e. The Morgan fingerprint density at radius 2 is 2.10 bits per heavy atom. The van der Waals surface area contributed by atoms with Gasteiger partial charge < -0.3 is 15.4 Å². The van der Waals surface area contributed by atoms with Crippen molar-refractivity contribution in [1.82, 2.24) is 9.47 Å². The van der Waals surface area contributed by atoms with Crippen molar-refractivity contribution in [3.05, 3.63) is 58.9 Å². The number of carbonyl (C=O) groups excluding carboxylic acids is 1. The van der Waals surface area contributed by atoms with E-state index in [1.165, 1.54) is 0 Å². The molecule has 3 atom stereocenters.